The number of esters is 2. The van der Waals surface area contributed by atoms with Crippen LogP contribution in [0, 0.1) is 0 Å². The second-order valence-corrected chi connectivity index (χ2v) is 5.69. The number of para-hydroxylation sites is 1. The third-order valence-electron chi connectivity index (χ3n) is 4.27. The van der Waals surface area contributed by atoms with Gasteiger partial charge in [-0.25, -0.2) is 4.79 Å². The molecule has 0 saturated heterocycles. The van der Waals surface area contributed by atoms with Crippen LogP contribution in [-0.2, 0) is 19.1 Å². The second-order valence-electron chi connectivity index (χ2n) is 5.69. The van der Waals surface area contributed by atoms with Gasteiger partial charge in [-0.15, -0.1) is 0 Å². The molecule has 0 spiro atoms. The number of carbonyl (C=O) groups excluding carboxylic acids is 2. The molecule has 2 aromatic rings. The first-order chi connectivity index (χ1) is 12.5. The fourth-order valence-corrected chi connectivity index (χ4v) is 2.85. The van der Waals surface area contributed by atoms with Crippen molar-refractivity contribution in [3.05, 3.63) is 60.2 Å². The van der Waals surface area contributed by atoms with E-state index in [1.807, 2.05) is 30.3 Å². The lowest BCUT2D eigenvalue weighted by Gasteiger charge is -2.33. The van der Waals surface area contributed by atoms with Crippen LogP contribution in [0.15, 0.2) is 54.6 Å². The van der Waals surface area contributed by atoms with Crippen molar-refractivity contribution in [3.8, 4) is 5.75 Å². The molecule has 0 amide bonds. The Morgan fingerprint density at radius 3 is 1.92 bits per heavy atom. The maximum Gasteiger partial charge on any atom is 0.329 e. The molecule has 0 saturated carbocycles. The highest BCUT2D eigenvalue weighted by molar-refractivity contribution is 5.91. The molecule has 6 nitrogen and oxygen atoms in total. The van der Waals surface area contributed by atoms with E-state index in [9.17, 15) is 9.59 Å². The molecular formula is C20H23NO5. The number of rotatable bonds is 7. The van der Waals surface area contributed by atoms with E-state index in [0.717, 1.165) is 5.69 Å². The summed E-state index contributed by atoms with van der Waals surface area (Å²) in [5.74, 6) is -1.25. The van der Waals surface area contributed by atoms with Crippen molar-refractivity contribution in [2.24, 2.45) is 0 Å². The van der Waals surface area contributed by atoms with Crippen LogP contribution in [0.1, 0.15) is 11.5 Å². The van der Waals surface area contributed by atoms with E-state index in [-0.39, 0.29) is 0 Å². The highest BCUT2D eigenvalue weighted by Gasteiger charge is 2.40. The van der Waals surface area contributed by atoms with Crippen molar-refractivity contribution in [3.63, 3.8) is 0 Å². The lowest BCUT2D eigenvalue weighted by molar-refractivity contribution is -0.150. The monoisotopic (exact) mass is 357 g/mol. The summed E-state index contributed by atoms with van der Waals surface area (Å²) in [6.07, 6.45) is 0. The van der Waals surface area contributed by atoms with Gasteiger partial charge >= 0.3 is 11.9 Å². The fourth-order valence-electron chi connectivity index (χ4n) is 2.85. The first kappa shape index (κ1) is 19.3. The maximum absolute atomic E-state index is 12.6. The summed E-state index contributed by atoms with van der Waals surface area (Å²) in [5, 5.41) is 0. The molecule has 2 rings (SSSR count). The number of hydrogen-bond donors (Lipinski definition) is 0. The number of likely N-dealkylation sites (N-methyl/N-ethyl adjacent to an activating group) is 1. The van der Waals surface area contributed by atoms with Crippen LogP contribution in [0.3, 0.4) is 0 Å². The van der Waals surface area contributed by atoms with E-state index in [1.54, 1.807) is 43.3 Å². The zero-order valence-electron chi connectivity index (χ0n) is 15.3. The van der Waals surface area contributed by atoms with Gasteiger partial charge in [0.2, 0.25) is 0 Å². The van der Waals surface area contributed by atoms with Crippen molar-refractivity contribution in [1.29, 1.82) is 0 Å². The van der Waals surface area contributed by atoms with Gasteiger partial charge < -0.3 is 19.1 Å². The summed E-state index contributed by atoms with van der Waals surface area (Å²) >= 11 is 0. The quantitative estimate of drug-likeness (QED) is 0.710. The van der Waals surface area contributed by atoms with Crippen LogP contribution < -0.4 is 9.64 Å². The van der Waals surface area contributed by atoms with Gasteiger partial charge in [-0.3, -0.25) is 4.79 Å². The SMILES string of the molecule is COC(=O)C(c1ccc(OC)cc1)C(C(=O)OC)N(C)c1ccccc1. The molecular weight excluding hydrogens is 334 g/mol. The van der Waals surface area contributed by atoms with E-state index in [2.05, 4.69) is 0 Å². The predicted molar refractivity (Wildman–Crippen MR) is 98.4 cm³/mol. The van der Waals surface area contributed by atoms with E-state index in [1.165, 1.54) is 14.2 Å². The van der Waals surface area contributed by atoms with E-state index < -0.39 is 23.9 Å². The molecule has 0 aromatic heterocycles. The lowest BCUT2D eigenvalue weighted by atomic mass is 9.90. The Balaban J connectivity index is 2.51. The lowest BCUT2D eigenvalue weighted by Crippen LogP contribution is -2.47. The average Bonchev–Trinajstić information content (AvgIpc) is 2.71. The number of carbonyl (C=O) groups is 2. The molecule has 2 atom stereocenters. The predicted octanol–water partition coefficient (Wildman–Crippen LogP) is 2.63. The number of anilines is 1. The molecule has 0 heterocycles. The van der Waals surface area contributed by atoms with Gasteiger partial charge in [0.1, 0.15) is 17.7 Å². The highest BCUT2D eigenvalue weighted by atomic mass is 16.5. The van der Waals surface area contributed by atoms with Gasteiger partial charge in [0.25, 0.3) is 0 Å². The van der Waals surface area contributed by atoms with Gasteiger partial charge in [-0.2, -0.15) is 0 Å². The van der Waals surface area contributed by atoms with Crippen molar-refractivity contribution >= 4 is 17.6 Å². The van der Waals surface area contributed by atoms with Gasteiger partial charge in [0.15, 0.2) is 0 Å². The average molecular weight is 357 g/mol. The van der Waals surface area contributed by atoms with Crippen LogP contribution in [0.25, 0.3) is 0 Å². The van der Waals surface area contributed by atoms with Crippen LogP contribution in [0.2, 0.25) is 0 Å². The Hall–Kier alpha value is -3.02. The minimum absolute atomic E-state index is 0.520. The van der Waals surface area contributed by atoms with Gasteiger partial charge in [-0.05, 0) is 29.8 Å². The molecule has 0 aliphatic rings. The Labute approximate surface area is 153 Å². The first-order valence-corrected chi connectivity index (χ1v) is 8.11. The van der Waals surface area contributed by atoms with Gasteiger partial charge in [-0.1, -0.05) is 30.3 Å². The summed E-state index contributed by atoms with van der Waals surface area (Å²) < 4.78 is 15.1. The van der Waals surface area contributed by atoms with Crippen molar-refractivity contribution in [2.75, 3.05) is 33.3 Å². The van der Waals surface area contributed by atoms with Crippen LogP contribution in [0.4, 0.5) is 5.69 Å². The molecule has 2 aromatic carbocycles. The summed E-state index contributed by atoms with van der Waals surface area (Å²) in [5.41, 5.74) is 1.42. The van der Waals surface area contributed by atoms with E-state index in [0.29, 0.717) is 11.3 Å². The summed E-state index contributed by atoms with van der Waals surface area (Å²) in [6, 6.07) is 15.4. The largest absolute Gasteiger partial charge is 0.497 e. The standard InChI is InChI=1S/C20H23NO5/c1-21(15-8-6-5-7-9-15)18(20(23)26-4)17(19(22)25-3)14-10-12-16(24-2)13-11-14/h5-13,17-18H,1-4H3. The Kier molecular flexibility index (Phi) is 6.60. The number of hydrogen-bond acceptors (Lipinski definition) is 6. The molecule has 0 aliphatic heterocycles. The molecule has 2 unspecified atom stereocenters. The highest BCUT2D eigenvalue weighted by Crippen LogP contribution is 2.30. The molecule has 0 radical (unpaired) electrons. The molecule has 6 heteroatoms. The second kappa shape index (κ2) is 8.89. The smallest absolute Gasteiger partial charge is 0.329 e. The number of ether oxygens (including phenoxy) is 3. The molecule has 0 bridgehead atoms. The molecule has 0 aliphatic carbocycles. The topological polar surface area (TPSA) is 65.1 Å². The normalized spacial score (nSPS) is 12.6. The van der Waals surface area contributed by atoms with Crippen LogP contribution >= 0.6 is 0 Å². The summed E-state index contributed by atoms with van der Waals surface area (Å²) in [6.45, 7) is 0. The minimum Gasteiger partial charge on any atom is -0.497 e. The molecule has 26 heavy (non-hydrogen) atoms. The Morgan fingerprint density at radius 2 is 1.42 bits per heavy atom. The van der Waals surface area contributed by atoms with E-state index in [4.69, 9.17) is 14.2 Å². The maximum atomic E-state index is 12.6. The summed E-state index contributed by atoms with van der Waals surface area (Å²) in [4.78, 5) is 26.9. The first-order valence-electron chi connectivity index (χ1n) is 8.11. The zero-order valence-corrected chi connectivity index (χ0v) is 15.3. The Morgan fingerprint density at radius 1 is 0.846 bits per heavy atom. The van der Waals surface area contributed by atoms with Crippen molar-refractivity contribution in [1.82, 2.24) is 0 Å². The minimum atomic E-state index is -0.886. The molecule has 0 N–H and O–H groups in total. The molecule has 0 fully saturated rings. The Bertz CT molecular complexity index is 730. The fraction of sp³-hybridized carbons (Fsp3) is 0.300. The van der Waals surface area contributed by atoms with Crippen molar-refractivity contribution in [2.45, 2.75) is 12.0 Å². The zero-order chi connectivity index (χ0) is 19.1. The summed E-state index contributed by atoms with van der Waals surface area (Å²) in [7, 11) is 5.91. The van der Waals surface area contributed by atoms with Crippen LogP contribution in [-0.4, -0.2) is 46.4 Å². The van der Waals surface area contributed by atoms with E-state index >= 15 is 0 Å². The number of nitrogens with zero attached hydrogens (tertiary/aromatic N) is 1. The molecule has 138 valence electrons. The third-order valence-corrected chi connectivity index (χ3v) is 4.27. The van der Waals surface area contributed by atoms with Gasteiger partial charge in [0.05, 0.1) is 21.3 Å². The van der Waals surface area contributed by atoms with Crippen molar-refractivity contribution < 1.29 is 23.8 Å². The number of methoxy groups -OCH3 is 3. The van der Waals surface area contributed by atoms with Crippen LogP contribution in [0.5, 0.6) is 5.75 Å². The van der Waals surface area contributed by atoms with Gasteiger partial charge in [0, 0.05) is 12.7 Å². The third kappa shape index (κ3) is 4.14. The number of benzene rings is 2.